The molecule has 0 amide bonds. The van der Waals surface area contributed by atoms with Crippen molar-refractivity contribution < 1.29 is 9.13 Å². The number of H-pyrrole nitrogens is 1. The van der Waals surface area contributed by atoms with Gasteiger partial charge in [0, 0.05) is 19.1 Å². The summed E-state index contributed by atoms with van der Waals surface area (Å²) in [6.07, 6.45) is 2.02. The van der Waals surface area contributed by atoms with E-state index in [0.29, 0.717) is 29.6 Å². The van der Waals surface area contributed by atoms with E-state index in [-0.39, 0.29) is 6.04 Å². The topological polar surface area (TPSA) is 80.1 Å². The number of ether oxygens (including phenoxy) is 1. The number of methoxy groups -OCH3 is 1. The highest BCUT2D eigenvalue weighted by Gasteiger charge is 2.22. The number of aromatic amines is 1. The Morgan fingerprint density at radius 1 is 1.48 bits per heavy atom. The van der Waals surface area contributed by atoms with E-state index >= 15 is 0 Å². The van der Waals surface area contributed by atoms with Crippen LogP contribution in [-0.2, 0) is 0 Å². The number of benzene rings is 1. The highest BCUT2D eigenvalue weighted by molar-refractivity contribution is 5.65. The maximum absolute atomic E-state index is 14.0. The van der Waals surface area contributed by atoms with Crippen LogP contribution >= 0.6 is 0 Å². The first-order valence-corrected chi connectivity index (χ1v) is 6.95. The van der Waals surface area contributed by atoms with Gasteiger partial charge in [0.25, 0.3) is 0 Å². The SMILES string of the molecule is COc1cccc(F)c1-c1nc(N2CCCC(N)C2)n[nH]1. The van der Waals surface area contributed by atoms with Gasteiger partial charge in [0.15, 0.2) is 5.82 Å². The Kier molecular flexibility index (Phi) is 3.74. The van der Waals surface area contributed by atoms with Crippen LogP contribution in [0, 0.1) is 5.82 Å². The highest BCUT2D eigenvalue weighted by Crippen LogP contribution is 2.31. The molecule has 112 valence electrons. The Morgan fingerprint density at radius 2 is 2.33 bits per heavy atom. The number of nitrogens with zero attached hydrogens (tertiary/aromatic N) is 3. The molecular formula is C14H18FN5O. The van der Waals surface area contributed by atoms with Gasteiger partial charge < -0.3 is 15.4 Å². The number of nitrogens with one attached hydrogen (secondary N) is 1. The fourth-order valence-electron chi connectivity index (χ4n) is 2.60. The predicted molar refractivity (Wildman–Crippen MR) is 77.8 cm³/mol. The molecule has 3 rings (SSSR count). The van der Waals surface area contributed by atoms with Crippen molar-refractivity contribution in [2.24, 2.45) is 5.73 Å². The second kappa shape index (κ2) is 5.69. The lowest BCUT2D eigenvalue weighted by atomic mass is 10.1. The van der Waals surface area contributed by atoms with Crippen molar-refractivity contribution in [3.05, 3.63) is 24.0 Å². The maximum Gasteiger partial charge on any atom is 0.245 e. The van der Waals surface area contributed by atoms with Crippen molar-refractivity contribution in [1.29, 1.82) is 0 Å². The molecule has 1 aliphatic heterocycles. The molecule has 1 atom stereocenters. The van der Waals surface area contributed by atoms with Crippen molar-refractivity contribution in [2.75, 3.05) is 25.1 Å². The Bertz CT molecular complexity index is 630. The standard InChI is InChI=1S/C14H18FN5O/c1-21-11-6-2-5-10(15)12(11)13-17-14(19-18-13)20-7-3-4-9(16)8-20/h2,5-6,9H,3-4,7-8,16H2,1H3,(H,17,18,19). The molecule has 0 spiro atoms. The van der Waals surface area contributed by atoms with E-state index < -0.39 is 5.82 Å². The Morgan fingerprint density at radius 3 is 3.10 bits per heavy atom. The molecule has 1 fully saturated rings. The van der Waals surface area contributed by atoms with Crippen LogP contribution in [0.25, 0.3) is 11.4 Å². The van der Waals surface area contributed by atoms with E-state index in [4.69, 9.17) is 10.5 Å². The molecule has 0 radical (unpaired) electrons. The molecule has 0 bridgehead atoms. The third-order valence-electron chi connectivity index (χ3n) is 3.65. The molecule has 1 aromatic heterocycles. The third-order valence-corrected chi connectivity index (χ3v) is 3.65. The van der Waals surface area contributed by atoms with Crippen LogP contribution < -0.4 is 15.4 Å². The summed E-state index contributed by atoms with van der Waals surface area (Å²) in [6.45, 7) is 1.57. The Labute approximate surface area is 122 Å². The Hall–Kier alpha value is -2.15. The summed E-state index contributed by atoms with van der Waals surface area (Å²) >= 11 is 0. The number of hydrogen-bond acceptors (Lipinski definition) is 5. The van der Waals surface area contributed by atoms with Gasteiger partial charge in [-0.25, -0.2) is 4.39 Å². The van der Waals surface area contributed by atoms with Crippen molar-refractivity contribution >= 4 is 5.95 Å². The molecule has 1 aromatic carbocycles. The zero-order chi connectivity index (χ0) is 14.8. The van der Waals surface area contributed by atoms with E-state index in [1.54, 1.807) is 12.1 Å². The van der Waals surface area contributed by atoms with Crippen LogP contribution in [0.1, 0.15) is 12.8 Å². The second-order valence-corrected chi connectivity index (χ2v) is 5.15. The van der Waals surface area contributed by atoms with Crippen molar-refractivity contribution in [3.63, 3.8) is 0 Å². The van der Waals surface area contributed by atoms with Gasteiger partial charge in [-0.05, 0) is 25.0 Å². The van der Waals surface area contributed by atoms with Gasteiger partial charge >= 0.3 is 0 Å². The van der Waals surface area contributed by atoms with Gasteiger partial charge in [-0.1, -0.05) is 6.07 Å². The van der Waals surface area contributed by atoms with Gasteiger partial charge in [0.05, 0.1) is 12.7 Å². The zero-order valence-electron chi connectivity index (χ0n) is 11.8. The number of nitrogens with two attached hydrogens (primary N) is 1. The first-order chi connectivity index (χ1) is 10.2. The van der Waals surface area contributed by atoms with Gasteiger partial charge in [-0.2, -0.15) is 4.98 Å². The van der Waals surface area contributed by atoms with Crippen molar-refractivity contribution in [2.45, 2.75) is 18.9 Å². The van der Waals surface area contributed by atoms with Gasteiger partial charge in [-0.3, -0.25) is 5.10 Å². The molecule has 2 aromatic rings. The minimum Gasteiger partial charge on any atom is -0.496 e. The lowest BCUT2D eigenvalue weighted by molar-refractivity contribution is 0.413. The normalized spacial score (nSPS) is 18.8. The molecule has 1 unspecified atom stereocenters. The zero-order valence-corrected chi connectivity index (χ0v) is 11.8. The smallest absolute Gasteiger partial charge is 0.245 e. The molecule has 21 heavy (non-hydrogen) atoms. The fraction of sp³-hybridized carbons (Fsp3) is 0.429. The van der Waals surface area contributed by atoms with Gasteiger partial charge in [0.2, 0.25) is 5.95 Å². The summed E-state index contributed by atoms with van der Waals surface area (Å²) in [7, 11) is 1.50. The summed E-state index contributed by atoms with van der Waals surface area (Å²) in [5.74, 6) is 0.935. The molecule has 1 saturated heterocycles. The number of hydrogen-bond donors (Lipinski definition) is 2. The Balaban J connectivity index is 1.92. The van der Waals surface area contributed by atoms with Crippen LogP contribution in [0.15, 0.2) is 18.2 Å². The minimum absolute atomic E-state index is 0.128. The van der Waals surface area contributed by atoms with E-state index in [1.807, 2.05) is 4.90 Å². The summed E-state index contributed by atoms with van der Waals surface area (Å²) in [5, 5.41) is 6.97. The largest absolute Gasteiger partial charge is 0.496 e. The average molecular weight is 291 g/mol. The van der Waals surface area contributed by atoms with Crippen LogP contribution in [-0.4, -0.2) is 41.4 Å². The van der Waals surface area contributed by atoms with Gasteiger partial charge in [-0.15, -0.1) is 5.10 Å². The monoisotopic (exact) mass is 291 g/mol. The van der Waals surface area contributed by atoms with Crippen LogP contribution in [0.4, 0.5) is 10.3 Å². The van der Waals surface area contributed by atoms with Crippen LogP contribution in [0.5, 0.6) is 5.75 Å². The first kappa shape index (κ1) is 13.8. The highest BCUT2D eigenvalue weighted by atomic mass is 19.1. The molecule has 1 aliphatic rings. The lowest BCUT2D eigenvalue weighted by Crippen LogP contribution is -2.43. The van der Waals surface area contributed by atoms with Gasteiger partial charge in [0.1, 0.15) is 11.6 Å². The number of anilines is 1. The minimum atomic E-state index is -0.396. The second-order valence-electron chi connectivity index (χ2n) is 5.15. The van der Waals surface area contributed by atoms with Crippen LogP contribution in [0.2, 0.25) is 0 Å². The van der Waals surface area contributed by atoms with Crippen molar-refractivity contribution in [1.82, 2.24) is 15.2 Å². The third kappa shape index (κ3) is 2.69. The molecule has 7 heteroatoms. The summed E-state index contributed by atoms with van der Waals surface area (Å²) in [4.78, 5) is 6.41. The summed E-state index contributed by atoms with van der Waals surface area (Å²) in [6, 6.07) is 4.79. The maximum atomic E-state index is 14.0. The molecule has 3 N–H and O–H groups in total. The molecule has 2 heterocycles. The molecular weight excluding hydrogens is 273 g/mol. The molecule has 0 aliphatic carbocycles. The lowest BCUT2D eigenvalue weighted by Gasteiger charge is -2.29. The van der Waals surface area contributed by atoms with Crippen LogP contribution in [0.3, 0.4) is 0 Å². The average Bonchev–Trinajstić information content (AvgIpc) is 2.96. The van der Waals surface area contributed by atoms with E-state index in [1.165, 1.54) is 13.2 Å². The molecule has 0 saturated carbocycles. The number of piperidine rings is 1. The van der Waals surface area contributed by atoms with Crippen molar-refractivity contribution in [3.8, 4) is 17.1 Å². The quantitative estimate of drug-likeness (QED) is 0.897. The van der Waals surface area contributed by atoms with E-state index in [0.717, 1.165) is 19.4 Å². The summed E-state index contributed by atoms with van der Waals surface area (Å²) in [5.41, 5.74) is 6.25. The first-order valence-electron chi connectivity index (χ1n) is 6.95. The number of halogens is 1. The molecule has 6 nitrogen and oxygen atoms in total. The predicted octanol–water partition coefficient (Wildman–Crippen LogP) is 1.55. The van der Waals surface area contributed by atoms with E-state index in [9.17, 15) is 4.39 Å². The summed E-state index contributed by atoms with van der Waals surface area (Å²) < 4.78 is 19.2. The number of rotatable bonds is 3. The fourth-order valence-corrected chi connectivity index (χ4v) is 2.60. The number of aromatic nitrogens is 3. The van der Waals surface area contributed by atoms with E-state index in [2.05, 4.69) is 15.2 Å².